The van der Waals surface area contributed by atoms with Gasteiger partial charge in [0.1, 0.15) is 11.2 Å². The molecule has 29 heavy (non-hydrogen) atoms. The normalized spacial score (nSPS) is 15.5. The molecule has 1 fully saturated rings. The van der Waals surface area contributed by atoms with E-state index in [4.69, 9.17) is 16.3 Å². The number of hydrogen-bond donors (Lipinski definition) is 1. The van der Waals surface area contributed by atoms with Crippen molar-refractivity contribution in [1.82, 2.24) is 4.57 Å². The molecule has 8 nitrogen and oxygen atoms in total. The third kappa shape index (κ3) is 3.85. The highest BCUT2D eigenvalue weighted by Gasteiger charge is 2.57. The van der Waals surface area contributed by atoms with Crippen molar-refractivity contribution in [1.29, 1.82) is 0 Å². The summed E-state index contributed by atoms with van der Waals surface area (Å²) in [5.41, 5.74) is -1.34. The number of amides is 1. The third-order valence-electron chi connectivity index (χ3n) is 4.53. The Bertz CT molecular complexity index is 1000. The van der Waals surface area contributed by atoms with Crippen LogP contribution in [0.1, 0.15) is 23.3 Å². The highest BCUT2D eigenvalue weighted by Crippen LogP contribution is 2.46. The number of nitrogens with zero attached hydrogens (tertiary/aromatic N) is 2. The third-order valence-corrected chi connectivity index (χ3v) is 5.66. The molecule has 1 N–H and O–H groups in total. The van der Waals surface area contributed by atoms with Crippen LogP contribution >= 0.6 is 11.6 Å². The van der Waals surface area contributed by atoms with Crippen LogP contribution in [0.5, 0.6) is 0 Å². The van der Waals surface area contributed by atoms with Crippen LogP contribution < -0.4 is 9.62 Å². The molecule has 1 aromatic carbocycles. The van der Waals surface area contributed by atoms with Crippen molar-refractivity contribution in [2.45, 2.75) is 18.4 Å². The fourth-order valence-corrected chi connectivity index (χ4v) is 4.00. The number of aryl methyl sites for hydroxylation is 1. The number of esters is 1. The van der Waals surface area contributed by atoms with Gasteiger partial charge in [0.05, 0.1) is 17.8 Å². The predicted molar refractivity (Wildman–Crippen MR) is 100 cm³/mol. The second kappa shape index (κ2) is 7.73. The van der Waals surface area contributed by atoms with Gasteiger partial charge in [0.15, 0.2) is 11.6 Å². The van der Waals surface area contributed by atoms with Gasteiger partial charge in [-0.25, -0.2) is 13.6 Å². The average molecular weight is 447 g/mol. The minimum atomic E-state index is -2.81. The molecule has 156 valence electrons. The average Bonchev–Trinajstić information content (AvgIpc) is 3.35. The van der Waals surface area contributed by atoms with Crippen molar-refractivity contribution < 1.29 is 31.9 Å². The number of anilines is 2. The molecule has 1 aliphatic carbocycles. The molecular formula is C17H15ClF2N3O5S-. The summed E-state index contributed by atoms with van der Waals surface area (Å²) in [5, 5.41) is 1.86. The van der Waals surface area contributed by atoms with E-state index >= 15 is 0 Å². The summed E-state index contributed by atoms with van der Waals surface area (Å²) in [7, 11) is 2.64. The maximum Gasteiger partial charge on any atom is 0.332 e. The van der Waals surface area contributed by atoms with Crippen LogP contribution in [0.2, 0.25) is 5.02 Å². The number of aromatic nitrogens is 1. The molecular weight excluding hydrogens is 432 g/mol. The Balaban J connectivity index is 1.90. The Morgan fingerprint density at radius 2 is 2.00 bits per heavy atom. The van der Waals surface area contributed by atoms with Crippen molar-refractivity contribution in [3.05, 3.63) is 46.7 Å². The van der Waals surface area contributed by atoms with E-state index in [-0.39, 0.29) is 29.9 Å². The Hall–Kier alpha value is -2.50. The quantitative estimate of drug-likeness (QED) is 0.417. The van der Waals surface area contributed by atoms with Gasteiger partial charge >= 0.3 is 5.97 Å². The largest absolute Gasteiger partial charge is 0.755 e. The molecule has 1 atom stereocenters. The number of carbonyl (C=O) groups is 2. The number of carbonyl (C=O) groups excluding carboxylic acids is 2. The van der Waals surface area contributed by atoms with Gasteiger partial charge in [0.2, 0.25) is 0 Å². The standard InChI is InChI=1S/C17H16ClF2N3O5S/c1-22-8-10(23(29(26)27)17(3-4-17)16(25)28-2)7-13(22)15(24)21-9-5-11(18)14(20)12(19)6-9/h5-8H,3-4H2,1-2H3,(H,21,24)(H,26,27)/p-1. The van der Waals surface area contributed by atoms with E-state index < -0.39 is 45.3 Å². The highest BCUT2D eigenvalue weighted by atomic mass is 35.5. The SMILES string of the molecule is COC(=O)C1(N(c2cc(C(=O)Nc3cc(F)c(F)c(Cl)c3)n(C)c2)S(=O)[O-])CC1. The minimum absolute atomic E-state index is 0.0111. The van der Waals surface area contributed by atoms with Gasteiger partial charge in [-0.05, 0) is 25.0 Å². The summed E-state index contributed by atoms with van der Waals surface area (Å²) in [5.74, 6) is -3.90. The molecule has 1 saturated carbocycles. The molecule has 2 aromatic rings. The molecule has 0 bridgehead atoms. The first-order valence-electron chi connectivity index (χ1n) is 8.21. The number of ether oxygens (including phenoxy) is 1. The summed E-state index contributed by atoms with van der Waals surface area (Å²) in [4.78, 5) is 24.6. The Morgan fingerprint density at radius 1 is 1.34 bits per heavy atom. The molecule has 1 aliphatic rings. The van der Waals surface area contributed by atoms with Gasteiger partial charge < -0.3 is 19.2 Å². The zero-order valence-electron chi connectivity index (χ0n) is 15.2. The van der Waals surface area contributed by atoms with Crippen LogP contribution in [0.15, 0.2) is 24.4 Å². The highest BCUT2D eigenvalue weighted by molar-refractivity contribution is 7.80. The van der Waals surface area contributed by atoms with Gasteiger partial charge in [-0.3, -0.25) is 13.3 Å². The second-order valence-corrected chi connectivity index (χ2v) is 7.64. The number of rotatable bonds is 6. The fourth-order valence-electron chi connectivity index (χ4n) is 2.98. The molecule has 0 radical (unpaired) electrons. The van der Waals surface area contributed by atoms with Crippen LogP contribution in [0, 0.1) is 11.6 Å². The molecule has 3 rings (SSSR count). The summed E-state index contributed by atoms with van der Waals surface area (Å²) in [6, 6.07) is 3.06. The lowest BCUT2D eigenvalue weighted by Gasteiger charge is -2.32. The van der Waals surface area contributed by atoms with Crippen LogP contribution in [-0.2, 0) is 27.8 Å². The van der Waals surface area contributed by atoms with E-state index in [2.05, 4.69) is 5.32 Å². The van der Waals surface area contributed by atoms with E-state index in [1.807, 2.05) is 0 Å². The molecule has 0 saturated heterocycles. The van der Waals surface area contributed by atoms with Gasteiger partial charge in [-0.2, -0.15) is 0 Å². The monoisotopic (exact) mass is 446 g/mol. The lowest BCUT2D eigenvalue weighted by molar-refractivity contribution is -0.143. The topological polar surface area (TPSA) is 104 Å². The van der Waals surface area contributed by atoms with E-state index in [0.717, 1.165) is 23.5 Å². The Morgan fingerprint density at radius 3 is 2.52 bits per heavy atom. The van der Waals surface area contributed by atoms with Crippen molar-refractivity contribution in [2.75, 3.05) is 16.7 Å². The van der Waals surface area contributed by atoms with Crippen LogP contribution in [0.25, 0.3) is 0 Å². The van der Waals surface area contributed by atoms with Gasteiger partial charge in [0, 0.05) is 36.3 Å². The van der Waals surface area contributed by atoms with E-state index in [9.17, 15) is 27.1 Å². The van der Waals surface area contributed by atoms with Gasteiger partial charge in [0.25, 0.3) is 5.91 Å². The number of nitrogens with one attached hydrogen (secondary N) is 1. The first-order valence-corrected chi connectivity index (χ1v) is 9.62. The van der Waals surface area contributed by atoms with Crippen molar-refractivity contribution >= 4 is 46.1 Å². The summed E-state index contributed by atoms with van der Waals surface area (Å²) < 4.78 is 57.3. The number of benzene rings is 1. The molecule has 1 amide bonds. The molecule has 12 heteroatoms. The summed E-state index contributed by atoms with van der Waals surface area (Å²) in [6.45, 7) is 0. The van der Waals surface area contributed by atoms with Gasteiger partial charge in [-0.15, -0.1) is 0 Å². The summed E-state index contributed by atoms with van der Waals surface area (Å²) in [6.07, 6.45) is 1.90. The number of methoxy groups -OCH3 is 1. The Kier molecular flexibility index (Phi) is 5.65. The van der Waals surface area contributed by atoms with E-state index in [1.54, 1.807) is 0 Å². The maximum absolute atomic E-state index is 13.5. The zero-order valence-corrected chi connectivity index (χ0v) is 16.8. The Labute approximate surface area is 171 Å². The lowest BCUT2D eigenvalue weighted by atomic mass is 10.2. The van der Waals surface area contributed by atoms with Crippen LogP contribution in [-0.4, -0.2) is 37.9 Å². The van der Waals surface area contributed by atoms with E-state index in [1.165, 1.54) is 23.9 Å². The van der Waals surface area contributed by atoms with Gasteiger partial charge in [-0.1, -0.05) is 11.6 Å². The maximum atomic E-state index is 13.5. The molecule has 1 unspecified atom stereocenters. The van der Waals surface area contributed by atoms with Crippen LogP contribution in [0.3, 0.4) is 0 Å². The summed E-state index contributed by atoms with van der Waals surface area (Å²) >= 11 is 2.76. The van der Waals surface area contributed by atoms with Crippen molar-refractivity contribution in [3.63, 3.8) is 0 Å². The van der Waals surface area contributed by atoms with E-state index in [0.29, 0.717) is 0 Å². The smallest absolute Gasteiger partial charge is 0.332 e. The van der Waals surface area contributed by atoms with Crippen LogP contribution in [0.4, 0.5) is 20.2 Å². The molecule has 1 aromatic heterocycles. The first-order chi connectivity index (χ1) is 13.6. The second-order valence-electron chi connectivity index (χ2n) is 6.44. The fraction of sp³-hybridized carbons (Fsp3) is 0.294. The minimum Gasteiger partial charge on any atom is -0.755 e. The lowest BCUT2D eigenvalue weighted by Crippen LogP contribution is -2.45. The number of hydrogen-bond acceptors (Lipinski definition) is 5. The first kappa shape index (κ1) is 21.2. The van der Waals surface area contributed by atoms with Crippen molar-refractivity contribution in [2.24, 2.45) is 7.05 Å². The van der Waals surface area contributed by atoms with Crippen molar-refractivity contribution in [3.8, 4) is 0 Å². The zero-order chi connectivity index (χ0) is 21.5. The number of halogens is 3. The predicted octanol–water partition coefficient (Wildman–Crippen LogP) is 2.52. The molecule has 1 heterocycles. The molecule has 0 aliphatic heterocycles. The molecule has 0 spiro atoms.